The fraction of sp³-hybridized carbons (Fsp3) is 0.0909. The van der Waals surface area contributed by atoms with Gasteiger partial charge in [0.05, 0.1) is 5.02 Å². The van der Waals surface area contributed by atoms with Crippen molar-refractivity contribution >= 4 is 17.9 Å². The van der Waals surface area contributed by atoms with Crippen LogP contribution in [0, 0.1) is 6.92 Å². The normalized spacial score (nSPS) is 10.3. The number of nitrogens with zero attached hydrogens (tertiary/aromatic N) is 2. The maximum Gasteiger partial charge on any atom is 0.155 e. The second-order valence-electron chi connectivity index (χ2n) is 3.24. The Morgan fingerprint density at radius 2 is 2.27 bits per heavy atom. The van der Waals surface area contributed by atoms with Crippen LogP contribution in [0.1, 0.15) is 15.9 Å². The van der Waals surface area contributed by atoms with Gasteiger partial charge in [0.25, 0.3) is 0 Å². The number of hydrogen-bond donors (Lipinski definition) is 0. The van der Waals surface area contributed by atoms with Crippen LogP contribution < -0.4 is 0 Å². The summed E-state index contributed by atoms with van der Waals surface area (Å²) in [7, 11) is 0. The van der Waals surface area contributed by atoms with Crippen LogP contribution in [0.5, 0.6) is 0 Å². The van der Waals surface area contributed by atoms with E-state index in [4.69, 9.17) is 11.6 Å². The van der Waals surface area contributed by atoms with E-state index in [1.54, 1.807) is 29.2 Å². The number of aromatic nitrogens is 2. The Morgan fingerprint density at radius 3 is 2.93 bits per heavy atom. The van der Waals surface area contributed by atoms with Gasteiger partial charge >= 0.3 is 0 Å². The molecular formula is C11H9ClN2O. The van der Waals surface area contributed by atoms with Gasteiger partial charge in [-0.3, -0.25) is 4.79 Å². The lowest BCUT2D eigenvalue weighted by Gasteiger charge is -2.05. The van der Waals surface area contributed by atoms with E-state index in [-0.39, 0.29) is 0 Å². The fourth-order valence-corrected chi connectivity index (χ4v) is 1.53. The van der Waals surface area contributed by atoms with Crippen LogP contribution in [-0.2, 0) is 0 Å². The van der Waals surface area contributed by atoms with Crippen molar-refractivity contribution in [2.45, 2.75) is 6.92 Å². The summed E-state index contributed by atoms with van der Waals surface area (Å²) >= 11 is 6.11. The molecule has 0 amide bonds. The van der Waals surface area contributed by atoms with Crippen molar-refractivity contribution in [3.8, 4) is 5.82 Å². The topological polar surface area (TPSA) is 34.9 Å². The van der Waals surface area contributed by atoms with E-state index in [0.717, 1.165) is 11.8 Å². The first kappa shape index (κ1) is 9.93. The maximum absolute atomic E-state index is 10.5. The molecule has 0 unspecified atom stereocenters. The van der Waals surface area contributed by atoms with Gasteiger partial charge in [0.15, 0.2) is 12.1 Å². The van der Waals surface area contributed by atoms with Crippen LogP contribution in [0.4, 0.5) is 0 Å². The molecule has 0 bridgehead atoms. The quantitative estimate of drug-likeness (QED) is 0.730. The van der Waals surface area contributed by atoms with Crippen molar-refractivity contribution in [3.63, 3.8) is 0 Å². The fourth-order valence-electron chi connectivity index (χ4n) is 1.32. The van der Waals surface area contributed by atoms with Gasteiger partial charge in [-0.15, -0.1) is 0 Å². The first-order valence-electron chi connectivity index (χ1n) is 4.47. The average Bonchev–Trinajstić information content (AvgIpc) is 2.70. The molecule has 0 saturated heterocycles. The highest BCUT2D eigenvalue weighted by atomic mass is 35.5. The summed E-state index contributed by atoms with van der Waals surface area (Å²) in [6, 6.07) is 3.56. The molecule has 3 nitrogen and oxygen atoms in total. The van der Waals surface area contributed by atoms with E-state index in [9.17, 15) is 4.79 Å². The van der Waals surface area contributed by atoms with Crippen molar-refractivity contribution in [3.05, 3.63) is 46.9 Å². The van der Waals surface area contributed by atoms with Gasteiger partial charge < -0.3 is 4.57 Å². The monoisotopic (exact) mass is 220 g/mol. The number of hydrogen-bond acceptors (Lipinski definition) is 2. The zero-order valence-electron chi connectivity index (χ0n) is 8.14. The van der Waals surface area contributed by atoms with E-state index in [1.165, 1.54) is 0 Å². The van der Waals surface area contributed by atoms with Gasteiger partial charge in [-0.2, -0.15) is 0 Å². The van der Waals surface area contributed by atoms with Crippen LogP contribution in [0.3, 0.4) is 0 Å². The number of pyridine rings is 1. The lowest BCUT2D eigenvalue weighted by Crippen LogP contribution is -1.96. The van der Waals surface area contributed by atoms with E-state index in [2.05, 4.69) is 4.98 Å². The molecule has 4 heteroatoms. The summed E-state index contributed by atoms with van der Waals surface area (Å²) in [5.74, 6) is 0.643. The summed E-state index contributed by atoms with van der Waals surface area (Å²) in [6.45, 7) is 1.91. The minimum absolute atomic E-state index is 0.602. The van der Waals surface area contributed by atoms with Crippen molar-refractivity contribution in [2.75, 3.05) is 0 Å². The number of halogens is 1. The molecular weight excluding hydrogens is 212 g/mol. The van der Waals surface area contributed by atoms with E-state index in [1.807, 2.05) is 13.0 Å². The highest BCUT2D eigenvalue weighted by Crippen LogP contribution is 2.21. The molecule has 0 saturated carbocycles. The third-order valence-electron chi connectivity index (χ3n) is 2.16. The third-order valence-corrected chi connectivity index (χ3v) is 2.63. The highest BCUT2D eigenvalue weighted by Gasteiger charge is 2.06. The molecule has 0 fully saturated rings. The van der Waals surface area contributed by atoms with Gasteiger partial charge in [-0.1, -0.05) is 11.6 Å². The first-order chi connectivity index (χ1) is 7.22. The van der Waals surface area contributed by atoms with Crippen molar-refractivity contribution in [1.82, 2.24) is 9.55 Å². The van der Waals surface area contributed by atoms with E-state index < -0.39 is 0 Å². The molecule has 0 aromatic carbocycles. The number of rotatable bonds is 2. The lowest BCUT2D eigenvalue weighted by molar-refractivity contribution is 0.112. The van der Waals surface area contributed by atoms with Gasteiger partial charge in [0.2, 0.25) is 0 Å². The van der Waals surface area contributed by atoms with Gasteiger partial charge in [0.1, 0.15) is 0 Å². The Bertz CT molecular complexity index is 505. The minimum Gasteiger partial charge on any atom is -0.307 e. The van der Waals surface area contributed by atoms with Gasteiger partial charge in [-0.25, -0.2) is 4.98 Å². The second-order valence-corrected chi connectivity index (χ2v) is 3.61. The number of carbonyl (C=O) groups is 1. The van der Waals surface area contributed by atoms with Crippen LogP contribution >= 0.6 is 11.6 Å². The Hall–Kier alpha value is -1.61. The molecule has 0 radical (unpaired) electrons. The van der Waals surface area contributed by atoms with Crippen LogP contribution in [0.2, 0.25) is 5.02 Å². The molecule has 2 rings (SSSR count). The number of aryl methyl sites for hydroxylation is 1. The zero-order valence-corrected chi connectivity index (χ0v) is 8.90. The molecule has 2 aromatic rings. The summed E-state index contributed by atoms with van der Waals surface area (Å²) in [4.78, 5) is 14.7. The average molecular weight is 221 g/mol. The summed E-state index contributed by atoms with van der Waals surface area (Å²) in [5, 5.41) is 0.602. The van der Waals surface area contributed by atoms with Gasteiger partial charge in [-0.05, 0) is 24.6 Å². The summed E-state index contributed by atoms with van der Waals surface area (Å²) in [6.07, 6.45) is 5.94. The van der Waals surface area contributed by atoms with Crippen molar-refractivity contribution < 1.29 is 4.79 Å². The minimum atomic E-state index is 0.602. The maximum atomic E-state index is 10.5. The molecule has 0 aliphatic carbocycles. The number of aldehydes is 1. The third kappa shape index (κ3) is 1.78. The Balaban J connectivity index is 2.53. The standard InChI is InChI=1S/C11H9ClN2O/c1-8-2-4-13-11(10(8)12)14-5-3-9(6-14)7-15/h2-7H,1H3. The largest absolute Gasteiger partial charge is 0.307 e. The van der Waals surface area contributed by atoms with Crippen LogP contribution in [0.15, 0.2) is 30.7 Å². The Labute approximate surface area is 92.3 Å². The zero-order chi connectivity index (χ0) is 10.8. The molecule has 2 aromatic heterocycles. The van der Waals surface area contributed by atoms with Crippen LogP contribution in [-0.4, -0.2) is 15.8 Å². The molecule has 76 valence electrons. The van der Waals surface area contributed by atoms with E-state index >= 15 is 0 Å². The van der Waals surface area contributed by atoms with Crippen molar-refractivity contribution in [2.24, 2.45) is 0 Å². The second kappa shape index (κ2) is 3.87. The molecule has 15 heavy (non-hydrogen) atoms. The lowest BCUT2D eigenvalue weighted by atomic mass is 10.3. The van der Waals surface area contributed by atoms with E-state index in [0.29, 0.717) is 16.4 Å². The van der Waals surface area contributed by atoms with Crippen molar-refractivity contribution in [1.29, 1.82) is 0 Å². The predicted octanol–water partition coefficient (Wildman–Crippen LogP) is 2.65. The Morgan fingerprint density at radius 1 is 1.47 bits per heavy atom. The molecule has 0 aliphatic rings. The van der Waals surface area contributed by atoms with Gasteiger partial charge in [0, 0.05) is 24.2 Å². The first-order valence-corrected chi connectivity index (χ1v) is 4.85. The smallest absolute Gasteiger partial charge is 0.155 e. The number of carbonyl (C=O) groups excluding carboxylic acids is 1. The SMILES string of the molecule is Cc1ccnc(-n2ccc(C=O)c2)c1Cl. The predicted molar refractivity (Wildman–Crippen MR) is 58.7 cm³/mol. The van der Waals surface area contributed by atoms with Crippen LogP contribution in [0.25, 0.3) is 5.82 Å². The summed E-state index contributed by atoms with van der Waals surface area (Å²) in [5.41, 5.74) is 1.57. The summed E-state index contributed by atoms with van der Waals surface area (Å²) < 4.78 is 1.74. The molecule has 0 aliphatic heterocycles. The molecule has 0 atom stereocenters. The highest BCUT2D eigenvalue weighted by molar-refractivity contribution is 6.32. The molecule has 2 heterocycles. The molecule has 0 spiro atoms. The Kier molecular flexibility index (Phi) is 2.56. The molecule has 0 N–H and O–H groups in total.